The molecule has 2 aromatic carbocycles. The van der Waals surface area contributed by atoms with Crippen LogP contribution in [0.4, 0.5) is 0 Å². The van der Waals surface area contributed by atoms with Gasteiger partial charge in [0.2, 0.25) is 0 Å². The highest BCUT2D eigenvalue weighted by Crippen LogP contribution is 2.60. The summed E-state index contributed by atoms with van der Waals surface area (Å²) in [6.45, 7) is 5.71. The summed E-state index contributed by atoms with van der Waals surface area (Å²) in [6.07, 6.45) is 5.99. The Kier molecular flexibility index (Phi) is 11.9. The first-order valence-corrected chi connectivity index (χ1v) is 13.0. The maximum atomic E-state index is 14.1. The number of unbranched alkanes of at least 4 members (excludes halogenated alkanes) is 4. The Balaban J connectivity index is 2.25. The van der Waals surface area contributed by atoms with Crippen molar-refractivity contribution in [2.75, 3.05) is 20.3 Å². The first kappa shape index (κ1) is 25.6. The van der Waals surface area contributed by atoms with Gasteiger partial charge in [0.15, 0.2) is 0 Å². The predicted molar refractivity (Wildman–Crippen MR) is 128 cm³/mol. The Morgan fingerprint density at radius 3 is 1.94 bits per heavy atom. The maximum absolute atomic E-state index is 14.1. The zero-order chi connectivity index (χ0) is 22.4. The molecule has 172 valence electrons. The molecule has 1 atom stereocenters. The molecule has 0 heterocycles. The number of rotatable bonds is 16. The van der Waals surface area contributed by atoms with Gasteiger partial charge in [-0.25, -0.2) is 0 Å². The summed E-state index contributed by atoms with van der Waals surface area (Å²) < 4.78 is 31.4. The molecule has 5 nitrogen and oxygen atoms in total. The highest BCUT2D eigenvalue weighted by atomic mass is 31.2. The fourth-order valence-electron chi connectivity index (χ4n) is 3.28. The lowest BCUT2D eigenvalue weighted by atomic mass is 10.2. The molecular formula is C25H38NO4P. The lowest BCUT2D eigenvalue weighted by Gasteiger charge is -2.28. The van der Waals surface area contributed by atoms with Crippen LogP contribution in [0.2, 0.25) is 0 Å². The number of benzene rings is 2. The average Bonchev–Trinajstić information content (AvgIpc) is 2.81. The van der Waals surface area contributed by atoms with Gasteiger partial charge in [0, 0.05) is 6.54 Å². The van der Waals surface area contributed by atoms with Crippen molar-refractivity contribution in [2.24, 2.45) is 0 Å². The van der Waals surface area contributed by atoms with Crippen LogP contribution in [0.5, 0.6) is 5.75 Å². The van der Waals surface area contributed by atoms with Crippen LogP contribution >= 0.6 is 7.60 Å². The fraction of sp³-hybridized carbons (Fsp3) is 0.520. The van der Waals surface area contributed by atoms with E-state index in [-0.39, 0.29) is 0 Å². The summed E-state index contributed by atoms with van der Waals surface area (Å²) in [4.78, 5) is 0. The third kappa shape index (κ3) is 8.78. The molecule has 0 amide bonds. The van der Waals surface area contributed by atoms with Crippen LogP contribution in [-0.2, 0) is 20.2 Å². The van der Waals surface area contributed by atoms with Crippen molar-refractivity contribution in [3.63, 3.8) is 0 Å². The number of nitrogens with one attached hydrogen (secondary N) is 1. The van der Waals surface area contributed by atoms with Gasteiger partial charge in [0.05, 0.1) is 20.3 Å². The molecule has 0 aliphatic rings. The molecule has 0 aromatic heterocycles. The van der Waals surface area contributed by atoms with E-state index in [0.717, 1.165) is 55.4 Å². The summed E-state index contributed by atoms with van der Waals surface area (Å²) in [6, 6.07) is 17.7. The van der Waals surface area contributed by atoms with Crippen LogP contribution in [0, 0.1) is 0 Å². The van der Waals surface area contributed by atoms with E-state index in [1.54, 1.807) is 7.11 Å². The quantitative estimate of drug-likeness (QED) is 0.220. The predicted octanol–water partition coefficient (Wildman–Crippen LogP) is 7.09. The Bertz CT molecular complexity index is 751. The molecule has 0 spiro atoms. The summed E-state index contributed by atoms with van der Waals surface area (Å²) in [7, 11) is -1.81. The lowest BCUT2D eigenvalue weighted by molar-refractivity contribution is 0.187. The van der Waals surface area contributed by atoms with Crippen LogP contribution in [-0.4, -0.2) is 20.3 Å². The van der Waals surface area contributed by atoms with Gasteiger partial charge in [-0.15, -0.1) is 0 Å². The molecule has 0 saturated heterocycles. The highest BCUT2D eigenvalue weighted by molar-refractivity contribution is 7.54. The van der Waals surface area contributed by atoms with Gasteiger partial charge in [0.25, 0.3) is 0 Å². The third-order valence-electron chi connectivity index (χ3n) is 5.13. The van der Waals surface area contributed by atoms with E-state index in [4.69, 9.17) is 13.8 Å². The summed E-state index contributed by atoms with van der Waals surface area (Å²) >= 11 is 0. The monoisotopic (exact) mass is 447 g/mol. The van der Waals surface area contributed by atoms with Crippen LogP contribution < -0.4 is 10.1 Å². The van der Waals surface area contributed by atoms with Crippen molar-refractivity contribution in [1.29, 1.82) is 0 Å². The van der Waals surface area contributed by atoms with Gasteiger partial charge >= 0.3 is 7.60 Å². The van der Waals surface area contributed by atoms with Gasteiger partial charge in [-0.3, -0.25) is 9.88 Å². The fourth-order valence-corrected chi connectivity index (χ4v) is 5.27. The van der Waals surface area contributed by atoms with E-state index < -0.39 is 13.4 Å². The molecule has 2 aromatic rings. The highest BCUT2D eigenvalue weighted by Gasteiger charge is 2.37. The average molecular weight is 448 g/mol. The zero-order valence-corrected chi connectivity index (χ0v) is 20.1. The molecule has 0 saturated carbocycles. The number of methoxy groups -OCH3 is 1. The Morgan fingerprint density at radius 1 is 0.839 bits per heavy atom. The SMILES string of the molecule is CCCCCOP(=O)(OCCCCC)C(NCc1ccccc1)c1ccc(OC)cc1. The first-order valence-electron chi connectivity index (χ1n) is 11.4. The topological polar surface area (TPSA) is 56.8 Å². The summed E-state index contributed by atoms with van der Waals surface area (Å²) in [5.74, 6) is 0.204. The summed E-state index contributed by atoms with van der Waals surface area (Å²) in [5, 5.41) is 3.46. The Labute approximate surface area is 188 Å². The largest absolute Gasteiger partial charge is 0.497 e. The minimum absolute atomic E-state index is 0.429. The van der Waals surface area contributed by atoms with Crippen molar-refractivity contribution < 1.29 is 18.3 Å². The van der Waals surface area contributed by atoms with Crippen LogP contribution in [0.15, 0.2) is 54.6 Å². The van der Waals surface area contributed by atoms with Gasteiger partial charge in [-0.2, -0.15) is 0 Å². The van der Waals surface area contributed by atoms with Gasteiger partial charge in [0.1, 0.15) is 11.5 Å². The van der Waals surface area contributed by atoms with E-state index in [1.807, 2.05) is 54.6 Å². The smallest absolute Gasteiger partial charge is 0.351 e. The second kappa shape index (κ2) is 14.4. The molecule has 0 aliphatic heterocycles. The minimum Gasteiger partial charge on any atom is -0.497 e. The van der Waals surface area contributed by atoms with Crippen LogP contribution in [0.3, 0.4) is 0 Å². The summed E-state index contributed by atoms with van der Waals surface area (Å²) in [5.41, 5.74) is 1.98. The van der Waals surface area contributed by atoms with E-state index >= 15 is 0 Å². The zero-order valence-electron chi connectivity index (χ0n) is 19.2. The maximum Gasteiger partial charge on any atom is 0.351 e. The van der Waals surface area contributed by atoms with Crippen molar-refractivity contribution in [3.8, 4) is 5.75 Å². The normalized spacial score (nSPS) is 12.6. The first-order chi connectivity index (χ1) is 15.1. The molecular weight excluding hydrogens is 409 g/mol. The molecule has 0 aliphatic carbocycles. The lowest BCUT2D eigenvalue weighted by Crippen LogP contribution is -2.23. The molecule has 0 fully saturated rings. The standard InChI is InChI=1S/C25H38NO4P/c1-4-6-11-19-29-31(27,30-20-12-7-5-2)25(23-15-17-24(28-3)18-16-23)26-21-22-13-9-8-10-14-22/h8-10,13-18,25-26H,4-7,11-12,19-21H2,1-3H3. The molecule has 1 unspecified atom stereocenters. The van der Waals surface area contributed by atoms with E-state index in [2.05, 4.69) is 19.2 Å². The van der Waals surface area contributed by atoms with Crippen molar-refractivity contribution in [3.05, 3.63) is 65.7 Å². The van der Waals surface area contributed by atoms with Gasteiger partial charge < -0.3 is 13.8 Å². The van der Waals surface area contributed by atoms with Crippen LogP contribution in [0.25, 0.3) is 0 Å². The van der Waals surface area contributed by atoms with Gasteiger partial charge in [-0.05, 0) is 36.1 Å². The van der Waals surface area contributed by atoms with E-state index in [9.17, 15) is 4.57 Å². The third-order valence-corrected chi connectivity index (χ3v) is 7.33. The van der Waals surface area contributed by atoms with Crippen molar-refractivity contribution >= 4 is 7.60 Å². The number of hydrogen-bond acceptors (Lipinski definition) is 5. The van der Waals surface area contributed by atoms with Crippen LogP contribution in [0.1, 0.15) is 69.3 Å². The van der Waals surface area contributed by atoms with E-state index in [0.29, 0.717) is 19.8 Å². The molecule has 2 rings (SSSR count). The number of ether oxygens (including phenoxy) is 1. The molecule has 6 heteroatoms. The molecule has 1 N–H and O–H groups in total. The van der Waals surface area contributed by atoms with Crippen molar-refractivity contribution in [2.45, 2.75) is 64.7 Å². The molecule has 31 heavy (non-hydrogen) atoms. The minimum atomic E-state index is -3.44. The number of hydrogen-bond donors (Lipinski definition) is 1. The Hall–Kier alpha value is -1.65. The van der Waals surface area contributed by atoms with E-state index in [1.165, 1.54) is 0 Å². The second-order valence-electron chi connectivity index (χ2n) is 7.66. The van der Waals surface area contributed by atoms with Crippen molar-refractivity contribution in [1.82, 2.24) is 5.32 Å². The Morgan fingerprint density at radius 2 is 1.42 bits per heavy atom. The second-order valence-corrected chi connectivity index (χ2v) is 9.78. The van der Waals surface area contributed by atoms with Gasteiger partial charge in [-0.1, -0.05) is 82.0 Å². The molecule has 0 bridgehead atoms. The molecule has 0 radical (unpaired) electrons.